The Morgan fingerprint density at radius 1 is 1.52 bits per heavy atom. The first kappa shape index (κ1) is 14.4. The van der Waals surface area contributed by atoms with Gasteiger partial charge in [0.15, 0.2) is 5.82 Å². The lowest BCUT2D eigenvalue weighted by molar-refractivity contribution is 0.190. The topological polar surface area (TPSA) is 54.2 Å². The van der Waals surface area contributed by atoms with Crippen molar-refractivity contribution < 1.29 is 8.91 Å². The van der Waals surface area contributed by atoms with E-state index in [1.54, 1.807) is 12.1 Å². The molecule has 1 saturated heterocycles. The van der Waals surface area contributed by atoms with Crippen molar-refractivity contribution in [2.75, 3.05) is 26.7 Å². The zero-order valence-corrected chi connectivity index (χ0v) is 12.4. The van der Waals surface area contributed by atoms with Crippen LogP contribution in [0.25, 0.3) is 0 Å². The predicted octanol–water partition coefficient (Wildman–Crippen LogP) is 2.03. The van der Waals surface area contributed by atoms with E-state index < -0.39 is 0 Å². The van der Waals surface area contributed by atoms with E-state index in [2.05, 4.69) is 20.4 Å². The molecule has 0 spiro atoms. The van der Waals surface area contributed by atoms with Gasteiger partial charge in [-0.2, -0.15) is 4.98 Å². The van der Waals surface area contributed by atoms with Gasteiger partial charge in [-0.15, -0.1) is 0 Å². The smallest absolute Gasteiger partial charge is 0.231 e. The van der Waals surface area contributed by atoms with Crippen molar-refractivity contribution in [1.82, 2.24) is 20.4 Å². The number of aromatic nitrogens is 2. The predicted molar refractivity (Wildman–Crippen MR) is 76.8 cm³/mol. The molecule has 1 aromatic heterocycles. The van der Waals surface area contributed by atoms with Gasteiger partial charge in [0.2, 0.25) is 5.89 Å². The van der Waals surface area contributed by atoms with Gasteiger partial charge in [-0.3, -0.25) is 4.90 Å². The number of rotatable bonds is 3. The number of hydrogen-bond acceptors (Lipinski definition) is 5. The second kappa shape index (κ2) is 6.09. The number of benzene rings is 1. The van der Waals surface area contributed by atoms with Gasteiger partial charge in [0, 0.05) is 30.2 Å². The minimum Gasteiger partial charge on any atom is -0.339 e. The van der Waals surface area contributed by atoms with Crippen LogP contribution in [0.15, 0.2) is 22.7 Å². The van der Waals surface area contributed by atoms with Crippen LogP contribution in [0.3, 0.4) is 0 Å². The van der Waals surface area contributed by atoms with Gasteiger partial charge in [0.1, 0.15) is 5.82 Å². The van der Waals surface area contributed by atoms with Gasteiger partial charge >= 0.3 is 0 Å². The lowest BCUT2D eigenvalue weighted by Gasteiger charge is -2.30. The van der Waals surface area contributed by atoms with E-state index in [1.165, 1.54) is 6.07 Å². The molecule has 2 heterocycles. The normalized spacial score (nSPS) is 19.9. The Balaban J connectivity index is 1.79. The van der Waals surface area contributed by atoms with Crippen LogP contribution in [0.1, 0.15) is 23.3 Å². The van der Waals surface area contributed by atoms with E-state index in [9.17, 15) is 4.39 Å². The highest BCUT2D eigenvalue weighted by Gasteiger charge is 2.25. The Bertz CT molecular complexity index is 613. The van der Waals surface area contributed by atoms with Crippen LogP contribution in [-0.2, 0) is 6.42 Å². The van der Waals surface area contributed by atoms with E-state index in [0.717, 1.165) is 19.6 Å². The molecular formula is C14H16ClFN4O. The fourth-order valence-electron chi connectivity index (χ4n) is 2.42. The second-order valence-corrected chi connectivity index (χ2v) is 5.53. The van der Waals surface area contributed by atoms with Crippen LogP contribution in [0, 0.1) is 5.82 Å². The minimum absolute atomic E-state index is 0.0762. The van der Waals surface area contributed by atoms with Crippen LogP contribution >= 0.6 is 11.6 Å². The number of halogens is 2. The molecule has 1 aromatic carbocycles. The van der Waals surface area contributed by atoms with Crippen LogP contribution in [0.2, 0.25) is 5.02 Å². The fourth-order valence-corrected chi connectivity index (χ4v) is 2.65. The largest absolute Gasteiger partial charge is 0.339 e. The highest BCUT2D eigenvalue weighted by Crippen LogP contribution is 2.23. The number of hydrogen-bond donors (Lipinski definition) is 1. The summed E-state index contributed by atoms with van der Waals surface area (Å²) < 4.78 is 19.0. The van der Waals surface area contributed by atoms with Gasteiger partial charge in [0.25, 0.3) is 0 Å². The van der Waals surface area contributed by atoms with Crippen molar-refractivity contribution in [3.8, 4) is 0 Å². The van der Waals surface area contributed by atoms with Gasteiger partial charge in [-0.05, 0) is 19.2 Å². The van der Waals surface area contributed by atoms with Crippen molar-refractivity contribution in [1.29, 1.82) is 0 Å². The summed E-state index contributed by atoms with van der Waals surface area (Å²) in [6, 6.07) is 4.67. The molecule has 112 valence electrons. The minimum atomic E-state index is -0.362. The number of nitrogens with one attached hydrogen (secondary N) is 1. The van der Waals surface area contributed by atoms with E-state index in [-0.39, 0.29) is 18.3 Å². The number of piperazine rings is 1. The summed E-state index contributed by atoms with van der Waals surface area (Å²) in [5.41, 5.74) is 0.379. The van der Waals surface area contributed by atoms with Crippen molar-refractivity contribution in [3.05, 3.63) is 46.3 Å². The monoisotopic (exact) mass is 310 g/mol. The summed E-state index contributed by atoms with van der Waals surface area (Å²) in [6.45, 7) is 2.64. The summed E-state index contributed by atoms with van der Waals surface area (Å²) in [5, 5.41) is 7.68. The molecule has 0 saturated carbocycles. The Hall–Kier alpha value is -1.50. The van der Waals surface area contributed by atoms with E-state index >= 15 is 0 Å². The zero-order valence-electron chi connectivity index (χ0n) is 11.6. The molecule has 7 heteroatoms. The van der Waals surface area contributed by atoms with Crippen LogP contribution in [0.5, 0.6) is 0 Å². The lowest BCUT2D eigenvalue weighted by atomic mass is 10.1. The third-order valence-corrected chi connectivity index (χ3v) is 4.04. The Labute approximate surface area is 127 Å². The maximum atomic E-state index is 13.8. The summed E-state index contributed by atoms with van der Waals surface area (Å²) in [6.07, 6.45) is 0.197. The van der Waals surface area contributed by atoms with E-state index in [1.807, 2.05) is 7.05 Å². The third kappa shape index (κ3) is 3.07. The second-order valence-electron chi connectivity index (χ2n) is 5.12. The Kier molecular flexibility index (Phi) is 4.19. The Morgan fingerprint density at radius 3 is 3.14 bits per heavy atom. The van der Waals surface area contributed by atoms with Crippen LogP contribution in [-0.4, -0.2) is 41.7 Å². The zero-order chi connectivity index (χ0) is 14.8. The van der Waals surface area contributed by atoms with Crippen molar-refractivity contribution in [2.45, 2.75) is 12.5 Å². The summed E-state index contributed by atoms with van der Waals surface area (Å²) >= 11 is 6.01. The van der Waals surface area contributed by atoms with Gasteiger partial charge in [-0.1, -0.05) is 22.8 Å². The molecule has 1 atom stereocenters. The van der Waals surface area contributed by atoms with Crippen LogP contribution < -0.4 is 5.32 Å². The molecular weight excluding hydrogens is 295 g/mol. The van der Waals surface area contributed by atoms with E-state index in [4.69, 9.17) is 16.1 Å². The number of likely N-dealkylation sites (N-methyl/N-ethyl adjacent to an activating group) is 1. The quantitative estimate of drug-likeness (QED) is 0.940. The molecule has 5 nitrogen and oxygen atoms in total. The average Bonchev–Trinajstić information content (AvgIpc) is 2.92. The fraction of sp³-hybridized carbons (Fsp3) is 0.429. The first-order valence-corrected chi connectivity index (χ1v) is 7.19. The average molecular weight is 311 g/mol. The molecule has 3 rings (SSSR count). The molecule has 21 heavy (non-hydrogen) atoms. The summed E-state index contributed by atoms with van der Waals surface area (Å²) in [5.74, 6) is 0.627. The molecule has 1 fully saturated rings. The first-order chi connectivity index (χ1) is 10.1. The lowest BCUT2D eigenvalue weighted by Crippen LogP contribution is -2.44. The molecule has 1 aliphatic rings. The third-order valence-electron chi connectivity index (χ3n) is 3.68. The molecule has 0 radical (unpaired) electrons. The molecule has 1 aliphatic heterocycles. The molecule has 2 aromatic rings. The van der Waals surface area contributed by atoms with Gasteiger partial charge < -0.3 is 9.84 Å². The molecule has 1 unspecified atom stereocenters. The van der Waals surface area contributed by atoms with Crippen LogP contribution in [0.4, 0.5) is 4.39 Å². The maximum absolute atomic E-state index is 13.8. The highest BCUT2D eigenvalue weighted by molar-refractivity contribution is 6.31. The van der Waals surface area contributed by atoms with Gasteiger partial charge in [0.05, 0.1) is 12.5 Å². The Morgan fingerprint density at radius 2 is 2.38 bits per heavy atom. The first-order valence-electron chi connectivity index (χ1n) is 6.81. The number of nitrogens with zero attached hydrogens (tertiary/aromatic N) is 3. The summed E-state index contributed by atoms with van der Waals surface area (Å²) in [4.78, 5) is 6.54. The molecule has 0 aliphatic carbocycles. The molecule has 0 bridgehead atoms. The highest BCUT2D eigenvalue weighted by atomic mass is 35.5. The van der Waals surface area contributed by atoms with Crippen molar-refractivity contribution in [3.63, 3.8) is 0 Å². The SMILES string of the molecule is CN1CCNCC1c1noc(Cc2c(F)cccc2Cl)n1. The van der Waals surface area contributed by atoms with Crippen molar-refractivity contribution >= 4 is 11.6 Å². The van der Waals surface area contributed by atoms with Crippen molar-refractivity contribution in [2.24, 2.45) is 0 Å². The van der Waals surface area contributed by atoms with Gasteiger partial charge in [-0.25, -0.2) is 4.39 Å². The maximum Gasteiger partial charge on any atom is 0.231 e. The standard InChI is InChI=1S/C14H16ClFN4O/c1-20-6-5-17-8-12(20)14-18-13(21-19-14)7-9-10(15)3-2-4-11(9)16/h2-4,12,17H,5-8H2,1H3. The molecule has 1 N–H and O–H groups in total. The van der Waals surface area contributed by atoms with E-state index in [0.29, 0.717) is 22.3 Å². The molecule has 0 amide bonds. The summed E-state index contributed by atoms with van der Waals surface area (Å²) in [7, 11) is 2.02.